The number of hydrogen-bond donors (Lipinski definition) is 0. The Labute approximate surface area is 176 Å². The number of aryl methyl sites for hydroxylation is 1. The first-order valence-electron chi connectivity index (χ1n) is 10.1. The molecule has 160 valence electrons. The Morgan fingerprint density at radius 1 is 1.17 bits per heavy atom. The van der Waals surface area contributed by atoms with E-state index in [0.29, 0.717) is 44.1 Å². The van der Waals surface area contributed by atoms with E-state index in [2.05, 4.69) is 4.98 Å². The molecule has 1 atom stereocenters. The molecule has 0 radical (unpaired) electrons. The van der Waals surface area contributed by atoms with Crippen LogP contribution in [0.1, 0.15) is 47.8 Å². The molecule has 0 unspecified atom stereocenters. The lowest BCUT2D eigenvalue weighted by atomic mass is 9.97. The standard InChI is InChI=1S/C21H25FN4O3S/c1-14-18-9-10-19(27)26(12-15-5-7-17(22)8-6-15)21(18)24-20(23-14)16-4-3-11-25(13-16)30(2,28)29/h5-8,16H,3-4,9-13H2,1-2H3/t16-/m1/s1. The van der Waals surface area contributed by atoms with Gasteiger partial charge in [-0.2, -0.15) is 0 Å². The van der Waals surface area contributed by atoms with Gasteiger partial charge in [0.2, 0.25) is 15.9 Å². The average Bonchev–Trinajstić information content (AvgIpc) is 2.71. The fourth-order valence-electron chi connectivity index (χ4n) is 4.18. The van der Waals surface area contributed by atoms with E-state index in [1.54, 1.807) is 17.0 Å². The van der Waals surface area contributed by atoms with E-state index in [0.717, 1.165) is 29.7 Å². The molecular weight excluding hydrogens is 407 g/mol. The minimum absolute atomic E-state index is 0.0303. The molecule has 0 aliphatic carbocycles. The first kappa shape index (κ1) is 20.9. The van der Waals surface area contributed by atoms with Gasteiger partial charge < -0.3 is 0 Å². The number of amides is 1. The smallest absolute Gasteiger partial charge is 0.228 e. The topological polar surface area (TPSA) is 83.5 Å². The van der Waals surface area contributed by atoms with Gasteiger partial charge in [0, 0.05) is 36.7 Å². The van der Waals surface area contributed by atoms with Crippen LogP contribution in [0.4, 0.5) is 10.2 Å². The number of carbonyl (C=O) groups excluding carboxylic acids is 1. The van der Waals surface area contributed by atoms with Crippen LogP contribution in [0.15, 0.2) is 24.3 Å². The van der Waals surface area contributed by atoms with Crippen molar-refractivity contribution in [2.75, 3.05) is 24.2 Å². The lowest BCUT2D eigenvalue weighted by Crippen LogP contribution is -2.40. The SMILES string of the molecule is Cc1nc([C@@H]2CCCN(S(C)(=O)=O)C2)nc2c1CCC(=O)N2Cc1ccc(F)cc1. The molecule has 7 nitrogen and oxygen atoms in total. The zero-order valence-electron chi connectivity index (χ0n) is 17.1. The van der Waals surface area contributed by atoms with E-state index in [9.17, 15) is 17.6 Å². The Balaban J connectivity index is 1.68. The molecule has 3 heterocycles. The number of benzene rings is 1. The molecule has 1 fully saturated rings. The van der Waals surface area contributed by atoms with Gasteiger partial charge >= 0.3 is 0 Å². The summed E-state index contributed by atoms with van der Waals surface area (Å²) >= 11 is 0. The van der Waals surface area contributed by atoms with Crippen LogP contribution in [0.2, 0.25) is 0 Å². The van der Waals surface area contributed by atoms with E-state index < -0.39 is 10.0 Å². The van der Waals surface area contributed by atoms with Crippen molar-refractivity contribution in [3.63, 3.8) is 0 Å². The second-order valence-corrected chi connectivity index (χ2v) is 10.0. The molecule has 0 N–H and O–H groups in total. The van der Waals surface area contributed by atoms with Crippen LogP contribution >= 0.6 is 0 Å². The quantitative estimate of drug-likeness (QED) is 0.741. The van der Waals surface area contributed by atoms with E-state index >= 15 is 0 Å². The highest BCUT2D eigenvalue weighted by molar-refractivity contribution is 7.88. The molecule has 0 spiro atoms. The number of carbonyl (C=O) groups is 1. The summed E-state index contributed by atoms with van der Waals surface area (Å²) < 4.78 is 38.7. The molecule has 9 heteroatoms. The predicted octanol–water partition coefficient (Wildman–Crippen LogP) is 2.54. The Bertz CT molecular complexity index is 1070. The minimum atomic E-state index is -3.28. The average molecular weight is 433 g/mol. The maximum atomic E-state index is 13.3. The van der Waals surface area contributed by atoms with E-state index in [1.807, 2.05) is 6.92 Å². The number of aromatic nitrogens is 2. The molecule has 30 heavy (non-hydrogen) atoms. The number of sulfonamides is 1. The second kappa shape index (κ2) is 8.03. The summed E-state index contributed by atoms with van der Waals surface area (Å²) in [5.74, 6) is 0.713. The first-order valence-corrected chi connectivity index (χ1v) is 11.9. The fourth-order valence-corrected chi connectivity index (χ4v) is 5.09. The summed E-state index contributed by atoms with van der Waals surface area (Å²) in [6.45, 7) is 3.08. The van der Waals surface area contributed by atoms with Gasteiger partial charge in [-0.25, -0.2) is 27.1 Å². The van der Waals surface area contributed by atoms with E-state index in [1.165, 1.54) is 22.7 Å². The number of rotatable bonds is 4. The second-order valence-electron chi connectivity index (χ2n) is 8.04. The summed E-state index contributed by atoms with van der Waals surface area (Å²) in [5, 5.41) is 0. The molecule has 1 saturated heterocycles. The fraction of sp³-hybridized carbons (Fsp3) is 0.476. The van der Waals surface area contributed by atoms with E-state index in [4.69, 9.17) is 4.98 Å². The Kier molecular flexibility index (Phi) is 5.59. The van der Waals surface area contributed by atoms with Gasteiger partial charge in [0.15, 0.2) is 0 Å². The number of anilines is 1. The predicted molar refractivity (Wildman–Crippen MR) is 111 cm³/mol. The molecule has 1 amide bonds. The number of halogens is 1. The summed E-state index contributed by atoms with van der Waals surface area (Å²) in [6, 6.07) is 6.08. The molecule has 0 bridgehead atoms. The Hall–Kier alpha value is -2.39. The highest BCUT2D eigenvalue weighted by Gasteiger charge is 2.32. The molecule has 2 aliphatic rings. The Morgan fingerprint density at radius 2 is 1.90 bits per heavy atom. The zero-order chi connectivity index (χ0) is 21.5. The molecule has 2 aliphatic heterocycles. The summed E-state index contributed by atoms with van der Waals surface area (Å²) in [7, 11) is -3.28. The largest absolute Gasteiger partial charge is 0.292 e. The summed E-state index contributed by atoms with van der Waals surface area (Å²) in [5.41, 5.74) is 2.58. The van der Waals surface area contributed by atoms with Gasteiger partial charge in [-0.15, -0.1) is 0 Å². The van der Waals surface area contributed by atoms with Crippen molar-refractivity contribution >= 4 is 21.7 Å². The third-order valence-corrected chi connectivity index (χ3v) is 7.10. The molecule has 1 aromatic carbocycles. The van der Waals surface area contributed by atoms with Gasteiger partial charge in [-0.1, -0.05) is 12.1 Å². The van der Waals surface area contributed by atoms with Crippen LogP contribution in [0.25, 0.3) is 0 Å². The van der Waals surface area contributed by atoms with Crippen LogP contribution in [-0.2, 0) is 27.8 Å². The maximum Gasteiger partial charge on any atom is 0.228 e. The molecule has 0 saturated carbocycles. The van der Waals surface area contributed by atoms with Gasteiger partial charge in [0.1, 0.15) is 17.5 Å². The number of hydrogen-bond acceptors (Lipinski definition) is 5. The van der Waals surface area contributed by atoms with Crippen LogP contribution in [0.5, 0.6) is 0 Å². The third kappa shape index (κ3) is 4.22. The van der Waals surface area contributed by atoms with Crippen molar-refractivity contribution in [3.8, 4) is 0 Å². The first-order chi connectivity index (χ1) is 14.2. The van der Waals surface area contributed by atoms with Crippen molar-refractivity contribution in [2.45, 2.75) is 45.1 Å². The van der Waals surface area contributed by atoms with Gasteiger partial charge in [-0.3, -0.25) is 9.69 Å². The molecule has 1 aromatic heterocycles. The maximum absolute atomic E-state index is 13.3. The Morgan fingerprint density at radius 3 is 2.60 bits per heavy atom. The zero-order valence-corrected chi connectivity index (χ0v) is 18.0. The van der Waals surface area contributed by atoms with Crippen molar-refractivity contribution < 1.29 is 17.6 Å². The monoisotopic (exact) mass is 432 g/mol. The van der Waals surface area contributed by atoms with Crippen molar-refractivity contribution in [1.29, 1.82) is 0 Å². The minimum Gasteiger partial charge on any atom is -0.292 e. The lowest BCUT2D eigenvalue weighted by molar-refractivity contribution is -0.119. The lowest BCUT2D eigenvalue weighted by Gasteiger charge is -2.33. The van der Waals surface area contributed by atoms with E-state index in [-0.39, 0.29) is 17.6 Å². The highest BCUT2D eigenvalue weighted by Crippen LogP contribution is 2.33. The number of piperidine rings is 1. The summed E-state index contributed by atoms with van der Waals surface area (Å²) in [4.78, 5) is 23.8. The molecular formula is C21H25FN4O3S. The molecule has 2 aromatic rings. The number of fused-ring (bicyclic) bond motifs is 1. The normalized spacial score (nSPS) is 20.3. The van der Waals surface area contributed by atoms with Gasteiger partial charge in [0.05, 0.1) is 12.8 Å². The van der Waals surface area contributed by atoms with Crippen LogP contribution in [0, 0.1) is 12.7 Å². The van der Waals surface area contributed by atoms with Crippen LogP contribution in [-0.4, -0.2) is 47.9 Å². The molecule has 4 rings (SSSR count). The highest BCUT2D eigenvalue weighted by atomic mass is 32.2. The van der Waals surface area contributed by atoms with Gasteiger partial charge in [-0.05, 0) is 43.9 Å². The summed E-state index contributed by atoms with van der Waals surface area (Å²) in [6.07, 6.45) is 3.73. The van der Waals surface area contributed by atoms with Crippen LogP contribution in [0.3, 0.4) is 0 Å². The van der Waals surface area contributed by atoms with Crippen molar-refractivity contribution in [3.05, 3.63) is 52.7 Å². The van der Waals surface area contributed by atoms with Gasteiger partial charge in [0.25, 0.3) is 0 Å². The van der Waals surface area contributed by atoms with Crippen molar-refractivity contribution in [2.24, 2.45) is 0 Å². The number of nitrogens with zero attached hydrogens (tertiary/aromatic N) is 4. The van der Waals surface area contributed by atoms with Crippen molar-refractivity contribution in [1.82, 2.24) is 14.3 Å². The van der Waals surface area contributed by atoms with Crippen LogP contribution < -0.4 is 4.90 Å². The third-order valence-electron chi connectivity index (χ3n) is 5.83.